The summed E-state index contributed by atoms with van der Waals surface area (Å²) >= 11 is 0. The number of carbonyl (C=O) groups is 1. The third kappa shape index (κ3) is 4.93. The van der Waals surface area contributed by atoms with Crippen molar-refractivity contribution in [1.29, 1.82) is 0 Å². The van der Waals surface area contributed by atoms with Crippen LogP contribution in [0.1, 0.15) is 51.2 Å². The van der Waals surface area contributed by atoms with Gasteiger partial charge >= 0.3 is 0 Å². The molecule has 0 aliphatic carbocycles. The molecule has 20 heavy (non-hydrogen) atoms. The van der Waals surface area contributed by atoms with Crippen LogP contribution in [0.15, 0.2) is 24.3 Å². The molecule has 0 radical (unpaired) electrons. The Morgan fingerprint density at radius 1 is 1.25 bits per heavy atom. The number of hydrogen-bond acceptors (Lipinski definition) is 2. The Hall–Kier alpha value is -1.42. The molecule has 0 aliphatic rings. The molecule has 0 spiro atoms. The van der Waals surface area contributed by atoms with Crippen LogP contribution in [-0.4, -0.2) is 17.6 Å². The summed E-state index contributed by atoms with van der Waals surface area (Å²) in [4.78, 5) is 12.0. The number of nitrogens with one attached hydrogen (secondary N) is 1. The summed E-state index contributed by atoms with van der Waals surface area (Å²) in [6, 6.07) is 6.07. The molecule has 0 bridgehead atoms. The maximum Gasteiger partial charge on any atom is 0.223 e. The predicted octanol–water partition coefficient (Wildman–Crippen LogP) is 3.19. The van der Waals surface area contributed by atoms with Gasteiger partial charge in [0, 0.05) is 18.0 Å². The first kappa shape index (κ1) is 16.6. The normalized spacial score (nSPS) is 12.4. The van der Waals surface area contributed by atoms with Gasteiger partial charge in [-0.2, -0.15) is 0 Å². The predicted molar refractivity (Wildman–Crippen MR) is 77.7 cm³/mol. The van der Waals surface area contributed by atoms with Gasteiger partial charge in [0.15, 0.2) is 0 Å². The number of hydrogen-bond donors (Lipinski definition) is 2. The topological polar surface area (TPSA) is 49.3 Å². The first-order valence-corrected chi connectivity index (χ1v) is 7.30. The molecular formula is C16H24FNO2. The van der Waals surface area contributed by atoms with Gasteiger partial charge in [-0.1, -0.05) is 44.9 Å². The third-order valence-corrected chi connectivity index (χ3v) is 3.38. The molecule has 112 valence electrons. The maximum atomic E-state index is 13.5. The summed E-state index contributed by atoms with van der Waals surface area (Å²) in [7, 11) is 0. The number of aliphatic hydroxyl groups excluding tert-OH is 1. The second kappa shape index (κ2) is 8.69. The number of rotatable bonds is 8. The van der Waals surface area contributed by atoms with Crippen LogP contribution >= 0.6 is 0 Å². The molecule has 1 rings (SSSR count). The third-order valence-electron chi connectivity index (χ3n) is 3.38. The molecule has 0 saturated heterocycles. The summed E-state index contributed by atoms with van der Waals surface area (Å²) in [5.41, 5.74) is 0.218. The van der Waals surface area contributed by atoms with E-state index >= 15 is 0 Å². The Morgan fingerprint density at radius 3 is 2.40 bits per heavy atom. The maximum absolute atomic E-state index is 13.5. The lowest BCUT2D eigenvalue weighted by molar-refractivity contribution is -0.126. The van der Waals surface area contributed by atoms with E-state index in [1.165, 1.54) is 12.1 Å². The SMILES string of the molecule is CCCC(CCC)C(=O)NCC(O)c1ccccc1F. The second-order valence-corrected chi connectivity index (χ2v) is 5.06. The molecule has 1 amide bonds. The van der Waals surface area contributed by atoms with E-state index in [0.29, 0.717) is 0 Å². The van der Waals surface area contributed by atoms with Gasteiger partial charge in [-0.3, -0.25) is 4.79 Å². The fourth-order valence-electron chi connectivity index (χ4n) is 2.30. The van der Waals surface area contributed by atoms with Gasteiger partial charge in [-0.15, -0.1) is 0 Å². The zero-order valence-corrected chi connectivity index (χ0v) is 12.2. The number of benzene rings is 1. The largest absolute Gasteiger partial charge is 0.386 e. The fourth-order valence-corrected chi connectivity index (χ4v) is 2.30. The van der Waals surface area contributed by atoms with Crippen molar-refractivity contribution in [3.8, 4) is 0 Å². The number of carbonyl (C=O) groups excluding carboxylic acids is 1. The average molecular weight is 281 g/mol. The van der Waals surface area contributed by atoms with Gasteiger partial charge in [-0.25, -0.2) is 4.39 Å². The van der Waals surface area contributed by atoms with Crippen LogP contribution in [-0.2, 0) is 4.79 Å². The highest BCUT2D eigenvalue weighted by Crippen LogP contribution is 2.17. The minimum atomic E-state index is -1.01. The lowest BCUT2D eigenvalue weighted by Crippen LogP contribution is -2.34. The van der Waals surface area contributed by atoms with Crippen molar-refractivity contribution in [3.63, 3.8) is 0 Å². The number of amides is 1. The molecule has 1 atom stereocenters. The van der Waals surface area contributed by atoms with Gasteiger partial charge in [0.1, 0.15) is 5.82 Å². The summed E-state index contributed by atoms with van der Waals surface area (Å²) < 4.78 is 13.5. The molecule has 1 aromatic carbocycles. The number of aliphatic hydroxyl groups is 1. The summed E-state index contributed by atoms with van der Waals surface area (Å²) in [6.07, 6.45) is 2.58. The molecule has 0 saturated carbocycles. The van der Waals surface area contributed by atoms with Crippen molar-refractivity contribution in [2.24, 2.45) is 5.92 Å². The summed E-state index contributed by atoms with van der Waals surface area (Å²) in [5.74, 6) is -0.519. The molecule has 2 N–H and O–H groups in total. The Labute approximate surface area is 120 Å². The Balaban J connectivity index is 2.53. The van der Waals surface area contributed by atoms with E-state index in [2.05, 4.69) is 5.32 Å². The van der Waals surface area contributed by atoms with Crippen molar-refractivity contribution in [2.75, 3.05) is 6.54 Å². The van der Waals surface area contributed by atoms with Crippen LogP contribution in [0.5, 0.6) is 0 Å². The van der Waals surface area contributed by atoms with E-state index in [1.54, 1.807) is 12.1 Å². The summed E-state index contributed by atoms with van der Waals surface area (Å²) in [5, 5.41) is 12.7. The minimum Gasteiger partial charge on any atom is -0.386 e. The van der Waals surface area contributed by atoms with E-state index in [4.69, 9.17) is 0 Å². The average Bonchev–Trinajstić information content (AvgIpc) is 2.44. The molecule has 1 unspecified atom stereocenters. The molecule has 1 aromatic rings. The highest BCUT2D eigenvalue weighted by molar-refractivity contribution is 5.78. The van der Waals surface area contributed by atoms with Gasteiger partial charge < -0.3 is 10.4 Å². The van der Waals surface area contributed by atoms with E-state index in [1.807, 2.05) is 13.8 Å². The first-order chi connectivity index (χ1) is 9.60. The van der Waals surface area contributed by atoms with Gasteiger partial charge in [0.05, 0.1) is 6.10 Å². The van der Waals surface area contributed by atoms with Crippen LogP contribution in [0, 0.1) is 11.7 Å². The Bertz CT molecular complexity index is 417. The standard InChI is InChI=1S/C16H24FNO2/c1-3-7-12(8-4-2)16(20)18-11-15(19)13-9-5-6-10-14(13)17/h5-6,9-10,12,15,19H,3-4,7-8,11H2,1-2H3,(H,18,20). The van der Waals surface area contributed by atoms with Crippen LogP contribution in [0.4, 0.5) is 4.39 Å². The highest BCUT2D eigenvalue weighted by Gasteiger charge is 2.18. The first-order valence-electron chi connectivity index (χ1n) is 7.30. The van der Waals surface area contributed by atoms with E-state index in [0.717, 1.165) is 25.7 Å². The molecular weight excluding hydrogens is 257 g/mol. The Morgan fingerprint density at radius 2 is 1.85 bits per heavy atom. The van der Waals surface area contributed by atoms with Crippen LogP contribution < -0.4 is 5.32 Å². The Kier molecular flexibility index (Phi) is 7.23. The van der Waals surface area contributed by atoms with Crippen LogP contribution in [0.25, 0.3) is 0 Å². The lowest BCUT2D eigenvalue weighted by Gasteiger charge is -2.18. The molecule has 0 fully saturated rings. The van der Waals surface area contributed by atoms with Crippen molar-refractivity contribution in [1.82, 2.24) is 5.32 Å². The monoisotopic (exact) mass is 281 g/mol. The fraction of sp³-hybridized carbons (Fsp3) is 0.562. The van der Waals surface area contributed by atoms with E-state index in [9.17, 15) is 14.3 Å². The van der Waals surface area contributed by atoms with E-state index < -0.39 is 11.9 Å². The second-order valence-electron chi connectivity index (χ2n) is 5.06. The van der Waals surface area contributed by atoms with Crippen molar-refractivity contribution >= 4 is 5.91 Å². The minimum absolute atomic E-state index is 0.0159. The molecule has 4 heteroatoms. The zero-order valence-electron chi connectivity index (χ0n) is 12.2. The smallest absolute Gasteiger partial charge is 0.223 e. The molecule has 0 aliphatic heterocycles. The van der Waals surface area contributed by atoms with Crippen molar-refractivity contribution < 1.29 is 14.3 Å². The van der Waals surface area contributed by atoms with Gasteiger partial charge in [-0.05, 0) is 18.9 Å². The van der Waals surface area contributed by atoms with Crippen LogP contribution in [0.3, 0.4) is 0 Å². The number of halogens is 1. The van der Waals surface area contributed by atoms with Gasteiger partial charge in [0.2, 0.25) is 5.91 Å². The summed E-state index contributed by atoms with van der Waals surface area (Å²) in [6.45, 7) is 4.14. The van der Waals surface area contributed by atoms with E-state index in [-0.39, 0.29) is 23.9 Å². The van der Waals surface area contributed by atoms with Crippen LogP contribution in [0.2, 0.25) is 0 Å². The molecule has 3 nitrogen and oxygen atoms in total. The van der Waals surface area contributed by atoms with Crippen molar-refractivity contribution in [3.05, 3.63) is 35.6 Å². The quantitative estimate of drug-likeness (QED) is 0.769. The highest BCUT2D eigenvalue weighted by atomic mass is 19.1. The van der Waals surface area contributed by atoms with Crippen molar-refractivity contribution in [2.45, 2.75) is 45.6 Å². The van der Waals surface area contributed by atoms with Gasteiger partial charge in [0.25, 0.3) is 0 Å². The molecule has 0 heterocycles. The lowest BCUT2D eigenvalue weighted by atomic mass is 9.97. The molecule has 0 aromatic heterocycles. The zero-order chi connectivity index (χ0) is 15.0.